The van der Waals surface area contributed by atoms with Crippen molar-refractivity contribution in [3.05, 3.63) is 23.1 Å². The van der Waals surface area contributed by atoms with Gasteiger partial charge in [-0.1, -0.05) is 0 Å². The number of halogens is 1. The molecule has 0 unspecified atom stereocenters. The van der Waals surface area contributed by atoms with Gasteiger partial charge in [0, 0.05) is 35.4 Å². The SMILES string of the molecule is O=C(c1ccc(Cl)o1)N1CCS(=O)CC1. The Hall–Kier alpha value is -0.810. The fourth-order valence-electron chi connectivity index (χ4n) is 1.43. The van der Waals surface area contributed by atoms with Crippen molar-refractivity contribution < 1.29 is 13.4 Å². The maximum absolute atomic E-state index is 11.8. The van der Waals surface area contributed by atoms with Crippen LogP contribution in [0.3, 0.4) is 0 Å². The molecule has 0 atom stereocenters. The molecule has 1 aliphatic rings. The lowest BCUT2D eigenvalue weighted by Gasteiger charge is -2.25. The molecule has 0 saturated carbocycles. The van der Waals surface area contributed by atoms with E-state index in [2.05, 4.69) is 0 Å². The lowest BCUT2D eigenvalue weighted by Crippen LogP contribution is -2.41. The zero-order valence-corrected chi connectivity index (χ0v) is 9.51. The van der Waals surface area contributed by atoms with Crippen LogP contribution in [0.25, 0.3) is 0 Å². The Balaban J connectivity index is 2.05. The van der Waals surface area contributed by atoms with Crippen molar-refractivity contribution in [2.45, 2.75) is 0 Å². The Morgan fingerprint density at radius 2 is 2.07 bits per heavy atom. The van der Waals surface area contributed by atoms with Gasteiger partial charge in [0.25, 0.3) is 5.91 Å². The lowest BCUT2D eigenvalue weighted by molar-refractivity contribution is 0.0739. The zero-order chi connectivity index (χ0) is 10.8. The number of nitrogens with zero attached hydrogens (tertiary/aromatic N) is 1. The van der Waals surface area contributed by atoms with E-state index in [1.54, 1.807) is 11.0 Å². The predicted octanol–water partition coefficient (Wildman–Crippen LogP) is 1.14. The van der Waals surface area contributed by atoms with E-state index in [0.717, 1.165) is 0 Å². The number of carbonyl (C=O) groups excluding carboxylic acids is 1. The van der Waals surface area contributed by atoms with Crippen LogP contribution in [0.5, 0.6) is 0 Å². The van der Waals surface area contributed by atoms with Crippen LogP contribution < -0.4 is 0 Å². The normalized spacial score (nSPS) is 18.1. The molecule has 0 bridgehead atoms. The molecule has 0 radical (unpaired) electrons. The van der Waals surface area contributed by atoms with Crippen molar-refractivity contribution in [3.63, 3.8) is 0 Å². The number of rotatable bonds is 1. The summed E-state index contributed by atoms with van der Waals surface area (Å²) in [4.78, 5) is 13.4. The first-order chi connectivity index (χ1) is 7.16. The topological polar surface area (TPSA) is 50.5 Å². The summed E-state index contributed by atoms with van der Waals surface area (Å²) >= 11 is 5.58. The van der Waals surface area contributed by atoms with Crippen molar-refractivity contribution in [1.29, 1.82) is 0 Å². The summed E-state index contributed by atoms with van der Waals surface area (Å²) in [5, 5.41) is 0.207. The fourth-order valence-corrected chi connectivity index (χ4v) is 2.62. The van der Waals surface area contributed by atoms with E-state index in [4.69, 9.17) is 16.0 Å². The number of hydrogen-bond acceptors (Lipinski definition) is 3. The quantitative estimate of drug-likeness (QED) is 0.748. The second-order valence-electron chi connectivity index (χ2n) is 3.24. The average molecular weight is 248 g/mol. The molecule has 1 fully saturated rings. The van der Waals surface area contributed by atoms with Crippen LogP contribution in [0.1, 0.15) is 10.6 Å². The van der Waals surface area contributed by atoms with Crippen molar-refractivity contribution in [2.75, 3.05) is 24.6 Å². The molecule has 1 amide bonds. The highest BCUT2D eigenvalue weighted by Gasteiger charge is 2.23. The summed E-state index contributed by atoms with van der Waals surface area (Å²) in [5.41, 5.74) is 0. The lowest BCUT2D eigenvalue weighted by atomic mass is 10.3. The Kier molecular flexibility index (Phi) is 3.11. The molecule has 15 heavy (non-hydrogen) atoms. The molecule has 0 aromatic carbocycles. The summed E-state index contributed by atoms with van der Waals surface area (Å²) in [6, 6.07) is 3.09. The molecule has 6 heteroatoms. The highest BCUT2D eigenvalue weighted by Crippen LogP contribution is 2.15. The third-order valence-corrected chi connectivity index (χ3v) is 3.73. The van der Waals surface area contributed by atoms with Gasteiger partial charge in [-0.25, -0.2) is 0 Å². The molecule has 0 N–H and O–H groups in total. The smallest absolute Gasteiger partial charge is 0.289 e. The van der Waals surface area contributed by atoms with Crippen molar-refractivity contribution >= 4 is 28.3 Å². The van der Waals surface area contributed by atoms with Crippen LogP contribution in [0.2, 0.25) is 5.22 Å². The largest absolute Gasteiger partial charge is 0.440 e. The first-order valence-electron chi connectivity index (χ1n) is 4.56. The second-order valence-corrected chi connectivity index (χ2v) is 5.31. The Morgan fingerprint density at radius 3 is 2.60 bits per heavy atom. The third-order valence-electron chi connectivity index (χ3n) is 2.25. The van der Waals surface area contributed by atoms with E-state index < -0.39 is 10.8 Å². The van der Waals surface area contributed by atoms with Gasteiger partial charge in [-0.05, 0) is 23.7 Å². The number of carbonyl (C=O) groups is 1. The van der Waals surface area contributed by atoms with E-state index in [9.17, 15) is 9.00 Å². The zero-order valence-electron chi connectivity index (χ0n) is 7.94. The Morgan fingerprint density at radius 1 is 1.40 bits per heavy atom. The van der Waals surface area contributed by atoms with Gasteiger partial charge in [-0.15, -0.1) is 0 Å². The van der Waals surface area contributed by atoms with Crippen molar-refractivity contribution in [2.24, 2.45) is 0 Å². The van der Waals surface area contributed by atoms with Gasteiger partial charge in [0.1, 0.15) is 0 Å². The maximum Gasteiger partial charge on any atom is 0.289 e. The van der Waals surface area contributed by atoms with Crippen molar-refractivity contribution in [3.8, 4) is 0 Å². The highest BCUT2D eigenvalue weighted by atomic mass is 35.5. The van der Waals surface area contributed by atoms with Crippen LogP contribution in [0, 0.1) is 0 Å². The van der Waals surface area contributed by atoms with Crippen LogP contribution in [-0.2, 0) is 10.8 Å². The molecular formula is C9H10ClNO3S. The monoisotopic (exact) mass is 247 g/mol. The molecular weight excluding hydrogens is 238 g/mol. The van der Waals surface area contributed by atoms with E-state index in [1.807, 2.05) is 0 Å². The van der Waals surface area contributed by atoms with E-state index in [-0.39, 0.29) is 16.9 Å². The summed E-state index contributed by atoms with van der Waals surface area (Å²) in [5.74, 6) is 1.15. The highest BCUT2D eigenvalue weighted by molar-refractivity contribution is 7.85. The summed E-state index contributed by atoms with van der Waals surface area (Å²) in [6.07, 6.45) is 0. The molecule has 0 spiro atoms. The minimum absolute atomic E-state index is 0.182. The van der Waals surface area contributed by atoms with Crippen molar-refractivity contribution in [1.82, 2.24) is 4.90 Å². The molecule has 1 aromatic rings. The van der Waals surface area contributed by atoms with Gasteiger partial charge in [0.15, 0.2) is 11.0 Å². The van der Waals surface area contributed by atoms with Gasteiger partial charge in [0.05, 0.1) is 0 Å². The number of amides is 1. The molecule has 0 aliphatic carbocycles. The van der Waals surface area contributed by atoms with E-state index in [0.29, 0.717) is 24.6 Å². The predicted molar refractivity (Wildman–Crippen MR) is 57.5 cm³/mol. The van der Waals surface area contributed by atoms with Gasteiger partial charge < -0.3 is 9.32 Å². The fraction of sp³-hybridized carbons (Fsp3) is 0.444. The first-order valence-corrected chi connectivity index (χ1v) is 6.43. The average Bonchev–Trinajstić information content (AvgIpc) is 2.65. The van der Waals surface area contributed by atoms with Gasteiger partial charge in [0.2, 0.25) is 0 Å². The molecule has 1 aliphatic heterocycles. The second kappa shape index (κ2) is 4.37. The molecule has 4 nitrogen and oxygen atoms in total. The third kappa shape index (κ3) is 2.41. The molecule has 82 valence electrons. The number of furan rings is 1. The Bertz CT molecular complexity index is 394. The standard InChI is InChI=1S/C9H10ClNO3S/c10-8-2-1-7(14-8)9(12)11-3-5-15(13)6-4-11/h1-2H,3-6H2. The van der Waals surface area contributed by atoms with Gasteiger partial charge in [-0.3, -0.25) is 9.00 Å². The maximum atomic E-state index is 11.8. The van der Waals surface area contributed by atoms with Crippen LogP contribution >= 0.6 is 11.6 Å². The molecule has 2 heterocycles. The summed E-state index contributed by atoms with van der Waals surface area (Å²) in [7, 11) is -0.779. The summed E-state index contributed by atoms with van der Waals surface area (Å²) in [6.45, 7) is 1.04. The van der Waals surface area contributed by atoms with Crippen LogP contribution in [0.15, 0.2) is 16.5 Å². The summed E-state index contributed by atoms with van der Waals surface area (Å²) < 4.78 is 16.1. The van der Waals surface area contributed by atoms with E-state index >= 15 is 0 Å². The van der Waals surface area contributed by atoms with E-state index in [1.165, 1.54) is 6.07 Å². The molecule has 1 saturated heterocycles. The molecule has 1 aromatic heterocycles. The Labute approximate surface area is 94.6 Å². The minimum Gasteiger partial charge on any atom is -0.440 e. The van der Waals surface area contributed by atoms with Crippen LogP contribution in [-0.4, -0.2) is 39.6 Å². The van der Waals surface area contributed by atoms with Gasteiger partial charge in [-0.2, -0.15) is 0 Å². The number of hydrogen-bond donors (Lipinski definition) is 0. The first kappa shape index (κ1) is 10.7. The molecule has 2 rings (SSSR count). The minimum atomic E-state index is -0.779. The van der Waals surface area contributed by atoms with Gasteiger partial charge >= 0.3 is 0 Å². The van der Waals surface area contributed by atoms with Crippen LogP contribution in [0.4, 0.5) is 0 Å².